The minimum atomic E-state index is -3.84. The number of benzene rings is 1. The Morgan fingerprint density at radius 1 is 1.30 bits per heavy atom. The minimum Gasteiger partial charge on any atom is -0.505 e. The molecule has 0 fully saturated rings. The zero-order chi connectivity index (χ0) is 15.1. The lowest BCUT2D eigenvalue weighted by Crippen LogP contribution is -2.13. The topological polar surface area (TPSA) is 84.2 Å². The molecule has 1 aromatic heterocycles. The Hall–Kier alpha value is -1.44. The van der Waals surface area contributed by atoms with Crippen LogP contribution in [-0.4, -0.2) is 23.1 Å². The summed E-state index contributed by atoms with van der Waals surface area (Å²) in [6.07, 6.45) is 1.39. The number of hydrogen-bond acceptors (Lipinski definition) is 4. The van der Waals surface area contributed by atoms with E-state index >= 15 is 0 Å². The summed E-state index contributed by atoms with van der Waals surface area (Å²) in [5.41, 5.74) is 0.140. The van der Waals surface area contributed by atoms with E-state index < -0.39 is 10.0 Å². The highest BCUT2D eigenvalue weighted by Crippen LogP contribution is 2.35. The molecule has 0 saturated heterocycles. The molecule has 9 heteroatoms. The van der Waals surface area contributed by atoms with E-state index in [2.05, 4.69) is 9.71 Å². The number of phenolic OH excluding ortho intramolecular Hbond substituents is 1. The Balaban J connectivity index is 2.38. The number of nitrogens with one attached hydrogen (secondary N) is 1. The van der Waals surface area contributed by atoms with Crippen molar-refractivity contribution in [2.24, 2.45) is 7.05 Å². The number of anilines is 1. The molecule has 1 heterocycles. The summed E-state index contributed by atoms with van der Waals surface area (Å²) < 4.78 is 28.2. The summed E-state index contributed by atoms with van der Waals surface area (Å²) in [6.45, 7) is 1.69. The summed E-state index contributed by atoms with van der Waals surface area (Å²) in [5, 5.41) is 9.22. The third kappa shape index (κ3) is 2.84. The molecule has 2 aromatic rings. The average molecular weight is 336 g/mol. The lowest BCUT2D eigenvalue weighted by molar-refractivity contribution is 0.476. The van der Waals surface area contributed by atoms with Crippen LogP contribution in [0.25, 0.3) is 0 Å². The number of aryl methyl sites for hydroxylation is 2. The predicted octanol–water partition coefficient (Wildman–Crippen LogP) is 2.54. The fourth-order valence-electron chi connectivity index (χ4n) is 1.49. The second-order valence-electron chi connectivity index (χ2n) is 4.13. The van der Waals surface area contributed by atoms with Crippen molar-refractivity contribution in [3.05, 3.63) is 34.2 Å². The smallest absolute Gasteiger partial charge is 0.280 e. The second-order valence-corrected chi connectivity index (χ2v) is 6.57. The van der Waals surface area contributed by atoms with E-state index in [9.17, 15) is 13.5 Å². The van der Waals surface area contributed by atoms with Crippen molar-refractivity contribution in [2.75, 3.05) is 4.72 Å². The van der Waals surface area contributed by atoms with Crippen LogP contribution in [0.2, 0.25) is 10.0 Å². The lowest BCUT2D eigenvalue weighted by Gasteiger charge is -2.08. The molecule has 2 rings (SSSR count). The van der Waals surface area contributed by atoms with Crippen LogP contribution in [0.1, 0.15) is 5.82 Å². The zero-order valence-electron chi connectivity index (χ0n) is 10.6. The highest BCUT2D eigenvalue weighted by Gasteiger charge is 2.19. The second kappa shape index (κ2) is 5.16. The molecule has 0 saturated carbocycles. The first-order chi connectivity index (χ1) is 9.20. The molecule has 2 N–H and O–H groups in total. The maximum absolute atomic E-state index is 12.1. The number of nitrogens with zero attached hydrogens (tertiary/aromatic N) is 2. The highest BCUT2D eigenvalue weighted by atomic mass is 35.5. The average Bonchev–Trinajstić information content (AvgIpc) is 2.67. The van der Waals surface area contributed by atoms with Gasteiger partial charge in [0.2, 0.25) is 0 Å². The highest BCUT2D eigenvalue weighted by molar-refractivity contribution is 7.92. The molecular formula is C11H11Cl2N3O3S. The third-order valence-corrected chi connectivity index (χ3v) is 4.46. The maximum Gasteiger partial charge on any atom is 0.280 e. The molecule has 20 heavy (non-hydrogen) atoms. The first kappa shape index (κ1) is 15.0. The van der Waals surface area contributed by atoms with E-state index in [1.165, 1.54) is 18.3 Å². The number of aromatic hydroxyl groups is 1. The van der Waals surface area contributed by atoms with E-state index in [1.54, 1.807) is 18.5 Å². The van der Waals surface area contributed by atoms with Gasteiger partial charge in [-0.2, -0.15) is 8.42 Å². The van der Waals surface area contributed by atoms with Crippen LogP contribution in [0.5, 0.6) is 5.75 Å². The first-order valence-electron chi connectivity index (χ1n) is 5.41. The molecule has 0 aliphatic rings. The van der Waals surface area contributed by atoms with E-state index in [0.717, 1.165) is 0 Å². The van der Waals surface area contributed by atoms with Gasteiger partial charge >= 0.3 is 0 Å². The van der Waals surface area contributed by atoms with E-state index in [4.69, 9.17) is 23.2 Å². The maximum atomic E-state index is 12.1. The molecule has 108 valence electrons. The number of hydrogen-bond donors (Lipinski definition) is 2. The number of sulfonamides is 1. The van der Waals surface area contributed by atoms with E-state index in [1.807, 2.05) is 0 Å². The molecule has 0 spiro atoms. The van der Waals surface area contributed by atoms with Crippen molar-refractivity contribution in [3.63, 3.8) is 0 Å². The van der Waals surface area contributed by atoms with Gasteiger partial charge in [-0.3, -0.25) is 4.72 Å². The van der Waals surface area contributed by atoms with Crippen LogP contribution in [0.3, 0.4) is 0 Å². The van der Waals surface area contributed by atoms with Gasteiger partial charge in [0, 0.05) is 13.2 Å². The Morgan fingerprint density at radius 3 is 2.30 bits per heavy atom. The van der Waals surface area contributed by atoms with Crippen molar-refractivity contribution in [3.8, 4) is 5.75 Å². The summed E-state index contributed by atoms with van der Waals surface area (Å²) in [7, 11) is -2.15. The van der Waals surface area contributed by atoms with Crippen molar-refractivity contribution >= 4 is 38.9 Å². The molecule has 6 nitrogen and oxygen atoms in total. The van der Waals surface area contributed by atoms with Gasteiger partial charge < -0.3 is 9.67 Å². The van der Waals surface area contributed by atoms with Gasteiger partial charge in [-0.05, 0) is 19.1 Å². The summed E-state index contributed by atoms with van der Waals surface area (Å²) in [4.78, 5) is 3.94. The molecule has 0 amide bonds. The first-order valence-corrected chi connectivity index (χ1v) is 7.65. The summed E-state index contributed by atoms with van der Waals surface area (Å²) >= 11 is 11.5. The molecule has 1 aromatic carbocycles. The number of phenols is 1. The number of imidazole rings is 1. The van der Waals surface area contributed by atoms with Crippen LogP contribution in [0.4, 0.5) is 5.69 Å². The van der Waals surface area contributed by atoms with E-state index in [-0.39, 0.29) is 26.5 Å². The number of aromatic nitrogens is 2. The largest absolute Gasteiger partial charge is 0.505 e. The molecule has 0 radical (unpaired) electrons. The molecule has 0 unspecified atom stereocenters. The van der Waals surface area contributed by atoms with Gasteiger partial charge in [0.25, 0.3) is 10.0 Å². The number of rotatable bonds is 3. The van der Waals surface area contributed by atoms with Gasteiger partial charge in [0.05, 0.1) is 15.7 Å². The SMILES string of the molecule is Cc1nc(S(=O)(=O)Nc2cc(Cl)c(O)c(Cl)c2)cn1C. The third-order valence-electron chi connectivity index (χ3n) is 2.63. The fraction of sp³-hybridized carbons (Fsp3) is 0.182. The van der Waals surface area contributed by atoms with Gasteiger partial charge in [0.15, 0.2) is 10.8 Å². The van der Waals surface area contributed by atoms with Crippen molar-refractivity contribution < 1.29 is 13.5 Å². The van der Waals surface area contributed by atoms with Crippen LogP contribution >= 0.6 is 23.2 Å². The Labute approximate surface area is 126 Å². The van der Waals surface area contributed by atoms with Crippen LogP contribution < -0.4 is 4.72 Å². The monoisotopic (exact) mass is 335 g/mol. The van der Waals surface area contributed by atoms with Gasteiger partial charge in [-0.1, -0.05) is 23.2 Å². The van der Waals surface area contributed by atoms with Crippen LogP contribution in [0.15, 0.2) is 23.4 Å². The fourth-order valence-corrected chi connectivity index (χ4v) is 3.06. The van der Waals surface area contributed by atoms with Crippen LogP contribution in [-0.2, 0) is 17.1 Å². The predicted molar refractivity (Wildman–Crippen MR) is 76.9 cm³/mol. The van der Waals surface area contributed by atoms with Gasteiger partial charge in [-0.25, -0.2) is 4.98 Å². The Kier molecular flexibility index (Phi) is 3.86. The van der Waals surface area contributed by atoms with Crippen molar-refractivity contribution in [2.45, 2.75) is 11.9 Å². The molecule has 0 aliphatic carbocycles. The molecule has 0 aliphatic heterocycles. The zero-order valence-corrected chi connectivity index (χ0v) is 12.9. The summed E-state index contributed by atoms with van der Waals surface area (Å²) in [6, 6.07) is 2.52. The van der Waals surface area contributed by atoms with Gasteiger partial charge in [-0.15, -0.1) is 0 Å². The molecule has 0 atom stereocenters. The number of halogens is 2. The normalized spacial score (nSPS) is 11.6. The Bertz CT molecular complexity index is 729. The standard InChI is InChI=1S/C11H11Cl2N3O3S/c1-6-14-10(5-16(6)2)20(18,19)15-7-3-8(12)11(17)9(13)4-7/h3-5,15,17H,1-2H3. The lowest BCUT2D eigenvalue weighted by atomic mass is 10.3. The van der Waals surface area contributed by atoms with Crippen molar-refractivity contribution in [1.82, 2.24) is 9.55 Å². The molecule has 0 bridgehead atoms. The minimum absolute atomic E-state index is 0.0487. The summed E-state index contributed by atoms with van der Waals surface area (Å²) in [5.74, 6) is 0.261. The van der Waals surface area contributed by atoms with Crippen LogP contribution in [0, 0.1) is 6.92 Å². The van der Waals surface area contributed by atoms with E-state index in [0.29, 0.717) is 5.82 Å². The quantitative estimate of drug-likeness (QED) is 0.844. The Morgan fingerprint density at radius 2 is 1.85 bits per heavy atom. The van der Waals surface area contributed by atoms with Gasteiger partial charge in [0.1, 0.15) is 5.82 Å². The molecular weight excluding hydrogens is 325 g/mol. The van der Waals surface area contributed by atoms with Crippen molar-refractivity contribution in [1.29, 1.82) is 0 Å².